The Bertz CT molecular complexity index is 9330. The van der Waals surface area contributed by atoms with Gasteiger partial charge in [0.15, 0.2) is 17.5 Å². The molecule has 12 heteroatoms. The Labute approximate surface area is 814 Å². The van der Waals surface area contributed by atoms with Crippen LogP contribution in [0.2, 0.25) is 0 Å². The van der Waals surface area contributed by atoms with E-state index in [1.54, 1.807) is 0 Å². The number of hydrogen-bond donors (Lipinski definition) is 0. The van der Waals surface area contributed by atoms with E-state index in [0.29, 0.717) is 17.5 Å². The second-order valence-corrected chi connectivity index (χ2v) is 36.3. The summed E-state index contributed by atoms with van der Waals surface area (Å²) in [6, 6.07) is 169. The molecule has 19 aromatic carbocycles. The van der Waals surface area contributed by atoms with Gasteiger partial charge >= 0.3 is 0 Å². The van der Waals surface area contributed by atoms with Crippen molar-refractivity contribution < 1.29 is 4.42 Å². The molecule has 0 aliphatic carbocycles. The van der Waals surface area contributed by atoms with Crippen LogP contribution in [0.3, 0.4) is 0 Å². The van der Waals surface area contributed by atoms with Gasteiger partial charge in [-0.1, -0.05) is 419 Å². The molecule has 0 saturated heterocycles. The van der Waals surface area contributed by atoms with Gasteiger partial charge in [-0.05, 0) is 89.0 Å². The smallest absolute Gasteiger partial charge is 0.160 e. The zero-order chi connectivity index (χ0) is 93.2. The number of furan rings is 1. The molecular weight excluding hydrogens is 1740 g/mol. The van der Waals surface area contributed by atoms with E-state index in [2.05, 4.69) is 387 Å². The van der Waals surface area contributed by atoms with Crippen molar-refractivity contribution in [1.29, 1.82) is 0 Å². The second-order valence-electron chi connectivity index (χ2n) is 35.3. The normalized spacial score (nSPS) is 11.5. The van der Waals surface area contributed by atoms with Crippen molar-refractivity contribution in [2.75, 3.05) is 0 Å². The molecule has 658 valence electrons. The lowest BCUT2D eigenvalue weighted by atomic mass is 10.00. The Morgan fingerprint density at radius 1 is 0.191 bits per heavy atom. The average molecular weight is 1820 g/mol. The monoisotopic (exact) mass is 1820 g/mol. The summed E-state index contributed by atoms with van der Waals surface area (Å²) < 4.78 is 11.3. The topological polar surface area (TPSA) is 134 Å². The van der Waals surface area contributed by atoms with Crippen molar-refractivity contribution in [3.05, 3.63) is 485 Å². The molecule has 0 radical (unpaired) electrons. The molecule has 0 aliphatic heterocycles. The van der Waals surface area contributed by atoms with E-state index in [9.17, 15) is 0 Å². The molecule has 0 saturated carbocycles. The standard InChI is InChI=1S/C47H30N4.C41H25N3O.C41H25N3S/c1-4-13-32(14-5-1)41-30-28-34-27-29-40-43(33-15-6-2-7-16-33)49-47(50-45(40)44(34)48-41)35-25-23-31(24-26-35)37-20-12-21-39-38-19-10-11-22-42(38)51(46(37)39)36-17-8-3-9-18-36;2*1-3-10-27(11-4-1)35-25-23-29-22-24-34-37(28-12-5-2-6-13-28)43-41(44-39(34)38(29)42-35)30-20-18-26(19-21-30)31-15-9-16-33-32-14-7-8-17-36(32)45-40(31)33/h1-30H;2*1-25H. The Balaban J connectivity index is 0.000000109. The summed E-state index contributed by atoms with van der Waals surface area (Å²) in [6.45, 7) is 0. The summed E-state index contributed by atoms with van der Waals surface area (Å²) in [4.78, 5) is 46.7. The van der Waals surface area contributed by atoms with Crippen molar-refractivity contribution in [3.8, 4) is 141 Å². The summed E-state index contributed by atoms with van der Waals surface area (Å²) >= 11 is 1.85. The van der Waals surface area contributed by atoms with Gasteiger partial charge in [0.1, 0.15) is 27.7 Å². The number of para-hydroxylation sites is 5. The van der Waals surface area contributed by atoms with Gasteiger partial charge in [0.05, 0.1) is 61.7 Å². The SMILES string of the molecule is c1ccc(-c2ccc3ccc4c(-c5ccccc5)nc(-c5ccc(-c6cccc7c6oc6ccccc67)cc5)nc4c3n2)cc1.c1ccc(-c2ccc3ccc4c(-c5ccccc5)nc(-c5ccc(-c6cccc7c6sc6ccccc67)cc5)nc4c3n2)cc1.c1ccc(-c2ccc3ccc4c(-c5ccccc5)nc(-c5ccc(-c6cccc7c8ccccc8n(-c8ccccc8)c67)cc5)nc4c3n2)cc1. The third-order valence-electron chi connectivity index (χ3n) is 26.8. The molecule has 0 bridgehead atoms. The zero-order valence-electron chi connectivity index (χ0n) is 76.0. The van der Waals surface area contributed by atoms with Crippen LogP contribution in [-0.4, -0.2) is 49.4 Å². The summed E-state index contributed by atoms with van der Waals surface area (Å²) in [5, 5.41) is 13.4. The van der Waals surface area contributed by atoms with Crippen molar-refractivity contribution >= 4 is 141 Å². The first-order valence-corrected chi connectivity index (χ1v) is 48.1. The Hall–Kier alpha value is -18.8. The molecule has 9 heterocycles. The minimum absolute atomic E-state index is 0.661. The maximum absolute atomic E-state index is 6.32. The third kappa shape index (κ3) is 15.3. The van der Waals surface area contributed by atoms with Crippen LogP contribution < -0.4 is 0 Å². The maximum atomic E-state index is 6.32. The van der Waals surface area contributed by atoms with Crippen molar-refractivity contribution in [2.45, 2.75) is 0 Å². The van der Waals surface area contributed by atoms with Crippen LogP contribution in [0.1, 0.15) is 0 Å². The van der Waals surface area contributed by atoms with Gasteiger partial charge in [0, 0.05) is 141 Å². The van der Waals surface area contributed by atoms with Crippen LogP contribution in [0.4, 0.5) is 0 Å². The van der Waals surface area contributed by atoms with E-state index in [-0.39, 0.29) is 0 Å². The quantitative estimate of drug-likeness (QED) is 0.103. The molecule has 28 rings (SSSR count). The highest BCUT2D eigenvalue weighted by Gasteiger charge is 2.24. The highest BCUT2D eigenvalue weighted by Crippen LogP contribution is 2.46. The van der Waals surface area contributed by atoms with Gasteiger partial charge in [-0.3, -0.25) is 0 Å². The number of thiophene rings is 1. The molecule has 0 atom stereocenters. The fraction of sp³-hybridized carbons (Fsp3) is 0. The molecular formula is C129H80N10OS. The van der Waals surface area contributed by atoms with E-state index in [4.69, 9.17) is 49.3 Å². The fourth-order valence-corrected chi connectivity index (χ4v) is 21.2. The van der Waals surface area contributed by atoms with Crippen LogP contribution in [-0.2, 0) is 0 Å². The number of aromatic nitrogens is 10. The van der Waals surface area contributed by atoms with Crippen molar-refractivity contribution in [2.24, 2.45) is 0 Å². The summed E-state index contributed by atoms with van der Waals surface area (Å²) in [6.07, 6.45) is 0. The maximum Gasteiger partial charge on any atom is 0.160 e. The number of pyridine rings is 3. The second kappa shape index (κ2) is 35.5. The first-order chi connectivity index (χ1) is 69.9. The van der Waals surface area contributed by atoms with Crippen LogP contribution in [0.15, 0.2) is 490 Å². The molecule has 141 heavy (non-hydrogen) atoms. The lowest BCUT2D eigenvalue weighted by Crippen LogP contribution is -1.97. The van der Waals surface area contributed by atoms with Crippen molar-refractivity contribution in [1.82, 2.24) is 49.4 Å². The molecule has 0 amide bonds. The highest BCUT2D eigenvalue weighted by molar-refractivity contribution is 7.26. The Morgan fingerprint density at radius 2 is 0.525 bits per heavy atom. The predicted octanol–water partition coefficient (Wildman–Crippen LogP) is 33.9. The Morgan fingerprint density at radius 3 is 0.979 bits per heavy atom. The fourth-order valence-electron chi connectivity index (χ4n) is 19.9. The summed E-state index contributed by atoms with van der Waals surface area (Å²) in [5.41, 5.74) is 32.0. The van der Waals surface area contributed by atoms with E-state index < -0.39 is 0 Å². The van der Waals surface area contributed by atoms with Crippen LogP contribution in [0.25, 0.3) is 270 Å². The van der Waals surface area contributed by atoms with Gasteiger partial charge in [-0.25, -0.2) is 44.9 Å². The average Bonchev–Trinajstić information content (AvgIpc) is 1.56. The molecule has 28 aromatic rings. The highest BCUT2D eigenvalue weighted by atomic mass is 32.1. The molecule has 11 nitrogen and oxygen atoms in total. The number of rotatable bonds is 13. The van der Waals surface area contributed by atoms with E-state index in [1.807, 2.05) is 114 Å². The lowest BCUT2D eigenvalue weighted by Gasteiger charge is -2.13. The first-order valence-electron chi connectivity index (χ1n) is 47.3. The number of fused-ring (bicyclic) bond motifs is 18. The molecule has 0 N–H and O–H groups in total. The number of nitrogens with zero attached hydrogens (tertiary/aromatic N) is 10. The Kier molecular flexibility index (Phi) is 20.9. The molecule has 0 spiro atoms. The van der Waals surface area contributed by atoms with E-state index >= 15 is 0 Å². The summed E-state index contributed by atoms with van der Waals surface area (Å²) in [7, 11) is 0. The van der Waals surface area contributed by atoms with Gasteiger partial charge in [0.2, 0.25) is 0 Å². The molecule has 0 unspecified atom stereocenters. The third-order valence-corrected chi connectivity index (χ3v) is 28.0. The summed E-state index contributed by atoms with van der Waals surface area (Å²) in [5.74, 6) is 2.02. The van der Waals surface area contributed by atoms with Crippen LogP contribution >= 0.6 is 11.3 Å². The van der Waals surface area contributed by atoms with E-state index in [1.165, 1.54) is 58.7 Å². The number of hydrogen-bond acceptors (Lipinski definition) is 11. The van der Waals surface area contributed by atoms with Gasteiger partial charge in [-0.2, -0.15) is 0 Å². The lowest BCUT2D eigenvalue weighted by molar-refractivity contribution is 0.670. The number of benzene rings is 19. The minimum Gasteiger partial charge on any atom is -0.455 e. The molecule has 0 fully saturated rings. The van der Waals surface area contributed by atoms with Gasteiger partial charge < -0.3 is 8.98 Å². The van der Waals surface area contributed by atoms with Gasteiger partial charge in [-0.15, -0.1) is 11.3 Å². The van der Waals surface area contributed by atoms with E-state index in [0.717, 1.165) is 194 Å². The van der Waals surface area contributed by atoms with Crippen LogP contribution in [0.5, 0.6) is 0 Å². The zero-order valence-corrected chi connectivity index (χ0v) is 76.8. The largest absolute Gasteiger partial charge is 0.455 e. The molecule has 9 aromatic heterocycles. The van der Waals surface area contributed by atoms with Crippen molar-refractivity contribution in [3.63, 3.8) is 0 Å². The molecule has 0 aliphatic rings. The minimum atomic E-state index is 0.661. The van der Waals surface area contributed by atoms with Crippen LogP contribution in [0, 0.1) is 0 Å². The predicted molar refractivity (Wildman–Crippen MR) is 584 cm³/mol. The van der Waals surface area contributed by atoms with Gasteiger partial charge in [0.25, 0.3) is 0 Å². The first kappa shape index (κ1) is 82.9.